The maximum Gasteiger partial charge on any atom is 0.244 e. The fourth-order valence-electron chi connectivity index (χ4n) is 3.71. The Morgan fingerprint density at radius 1 is 1.07 bits per heavy atom. The molecule has 1 amide bonds. The monoisotopic (exact) mass is 463 g/mol. The first-order valence-corrected chi connectivity index (χ1v) is 11.5. The molecule has 156 valence electrons. The fourth-order valence-corrected chi connectivity index (χ4v) is 5.79. The third-order valence-electron chi connectivity index (χ3n) is 5.03. The lowest BCUT2D eigenvalue weighted by Gasteiger charge is -2.36. The van der Waals surface area contributed by atoms with Crippen molar-refractivity contribution < 1.29 is 13.2 Å². The molecule has 9 heteroatoms. The molecular formula is C21H19Cl2N3O3S. The zero-order chi connectivity index (χ0) is 21.5. The Balaban J connectivity index is 1.78. The van der Waals surface area contributed by atoms with Crippen molar-refractivity contribution in [3.63, 3.8) is 0 Å². The van der Waals surface area contributed by atoms with Crippen LogP contribution in [0.4, 0.5) is 5.69 Å². The van der Waals surface area contributed by atoms with E-state index in [-0.39, 0.29) is 10.8 Å². The number of anilines is 1. The third kappa shape index (κ3) is 3.86. The molecule has 0 radical (unpaired) electrons. The van der Waals surface area contributed by atoms with E-state index in [9.17, 15) is 13.2 Å². The van der Waals surface area contributed by atoms with Crippen LogP contribution in [-0.4, -0.2) is 29.7 Å². The van der Waals surface area contributed by atoms with Crippen molar-refractivity contribution in [2.24, 2.45) is 0 Å². The van der Waals surface area contributed by atoms with Crippen LogP contribution < -0.4 is 5.32 Å². The highest BCUT2D eigenvalue weighted by Crippen LogP contribution is 2.40. The molecule has 0 aliphatic carbocycles. The van der Waals surface area contributed by atoms with Gasteiger partial charge in [-0.05, 0) is 54.1 Å². The first-order chi connectivity index (χ1) is 14.3. The molecule has 1 atom stereocenters. The number of halogens is 2. The van der Waals surface area contributed by atoms with Crippen molar-refractivity contribution >= 4 is 44.8 Å². The van der Waals surface area contributed by atoms with Gasteiger partial charge < -0.3 is 9.88 Å². The minimum atomic E-state index is -3.84. The molecular weight excluding hydrogens is 445 g/mol. The first-order valence-electron chi connectivity index (χ1n) is 9.27. The molecule has 0 bridgehead atoms. The smallest absolute Gasteiger partial charge is 0.244 e. The number of rotatable bonds is 4. The van der Waals surface area contributed by atoms with E-state index in [0.29, 0.717) is 34.4 Å². The number of nitrogens with zero attached hydrogens (tertiary/aromatic N) is 2. The number of benzene rings is 2. The highest BCUT2D eigenvalue weighted by molar-refractivity contribution is 7.89. The van der Waals surface area contributed by atoms with Crippen molar-refractivity contribution in [2.45, 2.75) is 24.4 Å². The van der Waals surface area contributed by atoms with Gasteiger partial charge in [0.2, 0.25) is 15.9 Å². The third-order valence-corrected chi connectivity index (χ3v) is 7.47. The molecule has 2 heterocycles. The van der Waals surface area contributed by atoms with Gasteiger partial charge in [0.15, 0.2) is 0 Å². The standard InChI is InChI=1S/C21H19Cl2N3O3S/c1-14(27)24-16-5-7-17(8-6-16)30(28,29)26-12-11-25-10-2-3-20(25)21(26)18-9-4-15(22)13-19(18)23/h2-10,13,21H,11-12H2,1H3,(H,24,27). The summed E-state index contributed by atoms with van der Waals surface area (Å²) in [7, 11) is -3.84. The van der Waals surface area contributed by atoms with Gasteiger partial charge in [0, 0.05) is 47.6 Å². The van der Waals surface area contributed by atoms with Gasteiger partial charge in [0.1, 0.15) is 0 Å². The molecule has 1 aliphatic rings. The summed E-state index contributed by atoms with van der Waals surface area (Å²) in [6.45, 7) is 2.22. The Morgan fingerprint density at radius 3 is 2.47 bits per heavy atom. The molecule has 4 rings (SSSR count). The summed E-state index contributed by atoms with van der Waals surface area (Å²) < 4.78 is 30.6. The van der Waals surface area contributed by atoms with Gasteiger partial charge in [-0.15, -0.1) is 0 Å². The largest absolute Gasteiger partial charge is 0.348 e. The minimum Gasteiger partial charge on any atom is -0.348 e. The summed E-state index contributed by atoms with van der Waals surface area (Å²) in [5.74, 6) is -0.222. The van der Waals surface area contributed by atoms with Crippen LogP contribution in [-0.2, 0) is 21.4 Å². The Labute approximate surface area is 185 Å². The van der Waals surface area contributed by atoms with Crippen LogP contribution >= 0.6 is 23.2 Å². The zero-order valence-electron chi connectivity index (χ0n) is 16.0. The maximum atomic E-state index is 13.6. The maximum absolute atomic E-state index is 13.6. The van der Waals surface area contributed by atoms with Crippen molar-refractivity contribution in [3.05, 3.63) is 82.1 Å². The van der Waals surface area contributed by atoms with Crippen LogP contribution in [0.3, 0.4) is 0 Å². The van der Waals surface area contributed by atoms with E-state index in [1.54, 1.807) is 30.3 Å². The van der Waals surface area contributed by atoms with Gasteiger partial charge in [-0.25, -0.2) is 8.42 Å². The molecule has 2 aromatic carbocycles. The average molecular weight is 464 g/mol. The average Bonchev–Trinajstić information content (AvgIpc) is 3.16. The van der Waals surface area contributed by atoms with Crippen molar-refractivity contribution in [1.29, 1.82) is 0 Å². The molecule has 0 fully saturated rings. The molecule has 1 N–H and O–H groups in total. The molecule has 30 heavy (non-hydrogen) atoms. The van der Waals surface area contributed by atoms with Gasteiger partial charge >= 0.3 is 0 Å². The lowest BCUT2D eigenvalue weighted by molar-refractivity contribution is -0.114. The summed E-state index contributed by atoms with van der Waals surface area (Å²) >= 11 is 12.5. The molecule has 1 aliphatic heterocycles. The van der Waals surface area contributed by atoms with Gasteiger partial charge in [0.25, 0.3) is 0 Å². The predicted octanol–water partition coefficient (Wildman–Crippen LogP) is 4.55. The van der Waals surface area contributed by atoms with Gasteiger partial charge in [-0.3, -0.25) is 4.79 Å². The molecule has 0 saturated carbocycles. The Bertz CT molecular complexity index is 1210. The number of carbonyl (C=O) groups excluding carboxylic acids is 1. The number of fused-ring (bicyclic) bond motifs is 1. The molecule has 1 unspecified atom stereocenters. The van der Waals surface area contributed by atoms with Crippen LogP contribution in [0.2, 0.25) is 10.0 Å². The first kappa shape index (κ1) is 20.9. The Hall–Kier alpha value is -2.32. The number of aromatic nitrogens is 1. The van der Waals surface area contributed by atoms with Gasteiger partial charge in [-0.1, -0.05) is 29.3 Å². The number of carbonyl (C=O) groups is 1. The molecule has 6 nitrogen and oxygen atoms in total. The van der Waals surface area contributed by atoms with E-state index in [1.807, 2.05) is 22.9 Å². The SMILES string of the molecule is CC(=O)Nc1ccc(S(=O)(=O)N2CCn3cccc3C2c2ccc(Cl)cc2Cl)cc1. The predicted molar refractivity (Wildman–Crippen MR) is 117 cm³/mol. The van der Waals surface area contributed by atoms with E-state index < -0.39 is 16.1 Å². The van der Waals surface area contributed by atoms with Gasteiger partial charge in [0.05, 0.1) is 10.9 Å². The summed E-state index contributed by atoms with van der Waals surface area (Å²) in [4.78, 5) is 11.4. The van der Waals surface area contributed by atoms with Crippen LogP contribution in [0.1, 0.15) is 24.2 Å². The normalized spacial score (nSPS) is 16.8. The van der Waals surface area contributed by atoms with Crippen LogP contribution in [0.5, 0.6) is 0 Å². The van der Waals surface area contributed by atoms with Crippen molar-refractivity contribution in [1.82, 2.24) is 8.87 Å². The van der Waals surface area contributed by atoms with E-state index in [2.05, 4.69) is 5.32 Å². The van der Waals surface area contributed by atoms with E-state index in [0.717, 1.165) is 5.69 Å². The second kappa shape index (κ2) is 8.07. The zero-order valence-corrected chi connectivity index (χ0v) is 18.4. The second-order valence-electron chi connectivity index (χ2n) is 7.02. The highest BCUT2D eigenvalue weighted by Gasteiger charge is 2.38. The second-order valence-corrected chi connectivity index (χ2v) is 9.75. The number of nitrogens with one attached hydrogen (secondary N) is 1. The topological polar surface area (TPSA) is 71.4 Å². The minimum absolute atomic E-state index is 0.145. The van der Waals surface area contributed by atoms with Crippen molar-refractivity contribution in [3.8, 4) is 0 Å². The summed E-state index contributed by atoms with van der Waals surface area (Å²) in [5, 5.41) is 3.53. The summed E-state index contributed by atoms with van der Waals surface area (Å²) in [5.41, 5.74) is 2.04. The lowest BCUT2D eigenvalue weighted by Crippen LogP contribution is -2.42. The molecule has 0 saturated heterocycles. The summed E-state index contributed by atoms with van der Waals surface area (Å²) in [6, 6.07) is 14.4. The van der Waals surface area contributed by atoms with Crippen LogP contribution in [0.15, 0.2) is 65.7 Å². The molecule has 3 aromatic rings. The quantitative estimate of drug-likeness (QED) is 0.616. The van der Waals surface area contributed by atoms with Crippen molar-refractivity contribution in [2.75, 3.05) is 11.9 Å². The number of amides is 1. The van der Waals surface area contributed by atoms with E-state index >= 15 is 0 Å². The van der Waals surface area contributed by atoms with Crippen LogP contribution in [0.25, 0.3) is 0 Å². The number of hydrogen-bond donors (Lipinski definition) is 1. The Kier molecular flexibility index (Phi) is 5.63. The van der Waals surface area contributed by atoms with Gasteiger partial charge in [-0.2, -0.15) is 4.31 Å². The Morgan fingerprint density at radius 2 is 1.80 bits per heavy atom. The highest BCUT2D eigenvalue weighted by atomic mass is 35.5. The molecule has 0 spiro atoms. The van der Waals surface area contributed by atoms with E-state index in [4.69, 9.17) is 23.2 Å². The number of hydrogen-bond acceptors (Lipinski definition) is 3. The lowest BCUT2D eigenvalue weighted by atomic mass is 10.0. The summed E-state index contributed by atoms with van der Waals surface area (Å²) in [6.07, 6.45) is 1.93. The van der Waals surface area contributed by atoms with Crippen LogP contribution in [0, 0.1) is 0 Å². The van der Waals surface area contributed by atoms with E-state index in [1.165, 1.54) is 23.4 Å². The number of sulfonamides is 1. The fraction of sp³-hybridized carbons (Fsp3) is 0.190. The molecule has 1 aromatic heterocycles.